The fourth-order valence-electron chi connectivity index (χ4n) is 1.24. The Labute approximate surface area is 107 Å². The zero-order valence-corrected chi connectivity index (χ0v) is 11.6. The lowest BCUT2D eigenvalue weighted by atomic mass is 10.2. The third-order valence-corrected chi connectivity index (χ3v) is 3.62. The fraction of sp³-hybridized carbons (Fsp3) is 0.455. The molecular formula is C11H16ClNO3S. The van der Waals surface area contributed by atoms with Crippen LogP contribution in [0.3, 0.4) is 0 Å². The van der Waals surface area contributed by atoms with Crippen LogP contribution in [0.4, 0.5) is 0 Å². The highest BCUT2D eigenvalue weighted by molar-refractivity contribution is 7.89. The zero-order chi connectivity index (χ0) is 13.1. The largest absolute Gasteiger partial charge is 0.287 e. The number of hydrogen-bond donors (Lipinski definition) is 1. The maximum absolute atomic E-state index is 11.9. The number of aryl methyl sites for hydroxylation is 1. The lowest BCUT2D eigenvalue weighted by Crippen LogP contribution is -2.26. The molecule has 96 valence electrons. The molecular weight excluding hydrogens is 262 g/mol. The first-order valence-electron chi connectivity index (χ1n) is 5.22. The molecule has 0 bridgehead atoms. The summed E-state index contributed by atoms with van der Waals surface area (Å²) in [5.74, 6) is 0.254. The SMILES string of the molecule is Cc1cc(Cl)ccc1S(=O)(=O)NOCC(C)C. The number of halogens is 1. The average molecular weight is 278 g/mol. The summed E-state index contributed by atoms with van der Waals surface area (Å²) in [4.78, 5) is 7.20. The van der Waals surface area contributed by atoms with E-state index in [2.05, 4.69) is 4.89 Å². The minimum Gasteiger partial charge on any atom is -0.287 e. The van der Waals surface area contributed by atoms with Gasteiger partial charge in [-0.3, -0.25) is 4.84 Å². The standard InChI is InChI=1S/C11H16ClNO3S/c1-8(2)7-16-13-17(14,15)11-5-4-10(12)6-9(11)3/h4-6,8,13H,7H2,1-3H3. The number of rotatable bonds is 5. The first kappa shape index (κ1) is 14.4. The Balaban J connectivity index is 2.83. The monoisotopic (exact) mass is 277 g/mol. The van der Waals surface area contributed by atoms with Crippen molar-refractivity contribution >= 4 is 21.6 Å². The van der Waals surface area contributed by atoms with Gasteiger partial charge in [-0.1, -0.05) is 30.3 Å². The van der Waals surface area contributed by atoms with Gasteiger partial charge in [-0.15, -0.1) is 0 Å². The quantitative estimate of drug-likeness (QED) is 0.842. The van der Waals surface area contributed by atoms with E-state index < -0.39 is 10.0 Å². The van der Waals surface area contributed by atoms with Gasteiger partial charge in [-0.2, -0.15) is 0 Å². The van der Waals surface area contributed by atoms with E-state index in [-0.39, 0.29) is 10.8 Å². The maximum Gasteiger partial charge on any atom is 0.262 e. The van der Waals surface area contributed by atoms with Crippen LogP contribution in [0.15, 0.2) is 23.1 Å². The van der Waals surface area contributed by atoms with E-state index in [1.165, 1.54) is 12.1 Å². The Hall–Kier alpha value is -0.620. The summed E-state index contributed by atoms with van der Waals surface area (Å²) < 4.78 is 23.7. The highest BCUT2D eigenvalue weighted by atomic mass is 35.5. The molecule has 0 unspecified atom stereocenters. The van der Waals surface area contributed by atoms with Crippen LogP contribution in [0.2, 0.25) is 5.02 Å². The fourth-order valence-corrected chi connectivity index (χ4v) is 2.51. The van der Waals surface area contributed by atoms with Gasteiger partial charge in [0.15, 0.2) is 0 Å². The minimum atomic E-state index is -3.63. The Morgan fingerprint density at radius 3 is 2.59 bits per heavy atom. The first-order chi connectivity index (χ1) is 7.83. The third kappa shape index (κ3) is 4.27. The number of sulfonamides is 1. The van der Waals surface area contributed by atoms with E-state index in [1.807, 2.05) is 13.8 Å². The van der Waals surface area contributed by atoms with Crippen LogP contribution in [-0.4, -0.2) is 15.0 Å². The predicted molar refractivity (Wildman–Crippen MR) is 67.3 cm³/mol. The highest BCUT2D eigenvalue weighted by Crippen LogP contribution is 2.19. The van der Waals surface area contributed by atoms with Gasteiger partial charge in [-0.25, -0.2) is 8.42 Å². The number of hydrogen-bond acceptors (Lipinski definition) is 3. The van der Waals surface area contributed by atoms with Crippen LogP contribution in [0.1, 0.15) is 19.4 Å². The molecule has 17 heavy (non-hydrogen) atoms. The molecule has 6 heteroatoms. The Kier molecular flexibility index (Phi) is 4.94. The molecule has 0 aromatic heterocycles. The van der Waals surface area contributed by atoms with Crippen molar-refractivity contribution in [2.45, 2.75) is 25.7 Å². The maximum atomic E-state index is 11.9. The Morgan fingerprint density at radius 1 is 1.41 bits per heavy atom. The molecule has 4 nitrogen and oxygen atoms in total. The molecule has 0 amide bonds. The van der Waals surface area contributed by atoms with Crippen LogP contribution in [-0.2, 0) is 14.9 Å². The summed E-state index contributed by atoms with van der Waals surface area (Å²) in [7, 11) is -3.63. The molecule has 0 saturated carbocycles. The van der Waals surface area contributed by atoms with Crippen LogP contribution >= 0.6 is 11.6 Å². The van der Waals surface area contributed by atoms with E-state index in [0.717, 1.165) is 0 Å². The zero-order valence-electron chi connectivity index (χ0n) is 10.0. The molecule has 1 N–H and O–H groups in total. The summed E-state index contributed by atoms with van der Waals surface area (Å²) in [5.41, 5.74) is 0.582. The average Bonchev–Trinajstić information content (AvgIpc) is 2.15. The second-order valence-electron chi connectivity index (χ2n) is 4.20. The normalized spacial score (nSPS) is 12.1. The highest BCUT2D eigenvalue weighted by Gasteiger charge is 2.17. The Morgan fingerprint density at radius 2 is 2.06 bits per heavy atom. The van der Waals surface area contributed by atoms with E-state index in [9.17, 15) is 8.42 Å². The summed E-state index contributed by atoms with van der Waals surface area (Å²) in [5, 5.41) is 0.504. The molecule has 0 aliphatic rings. The number of benzene rings is 1. The van der Waals surface area contributed by atoms with Gasteiger partial charge in [0, 0.05) is 5.02 Å². The molecule has 0 aliphatic carbocycles. The number of nitrogens with one attached hydrogen (secondary N) is 1. The smallest absolute Gasteiger partial charge is 0.262 e. The van der Waals surface area contributed by atoms with Gasteiger partial charge in [0.1, 0.15) is 0 Å². The molecule has 1 rings (SSSR count). The molecule has 1 aromatic rings. The van der Waals surface area contributed by atoms with Crippen molar-refractivity contribution in [1.29, 1.82) is 0 Å². The van der Waals surface area contributed by atoms with Gasteiger partial charge in [-0.05, 0) is 36.6 Å². The second-order valence-corrected chi connectivity index (χ2v) is 6.25. The van der Waals surface area contributed by atoms with Crippen molar-refractivity contribution in [2.75, 3.05) is 6.61 Å². The molecule has 0 saturated heterocycles. The van der Waals surface area contributed by atoms with E-state index >= 15 is 0 Å². The summed E-state index contributed by atoms with van der Waals surface area (Å²) in [6.45, 7) is 5.87. The minimum absolute atomic E-state index is 0.172. The van der Waals surface area contributed by atoms with Gasteiger partial charge < -0.3 is 0 Å². The van der Waals surface area contributed by atoms with Crippen LogP contribution in [0.25, 0.3) is 0 Å². The molecule has 0 radical (unpaired) electrons. The van der Waals surface area contributed by atoms with Gasteiger partial charge in [0.05, 0.1) is 11.5 Å². The van der Waals surface area contributed by atoms with Crippen molar-refractivity contribution < 1.29 is 13.3 Å². The van der Waals surface area contributed by atoms with E-state index in [4.69, 9.17) is 16.4 Å². The summed E-state index contributed by atoms with van der Waals surface area (Å²) in [6, 6.07) is 4.59. The molecule has 0 fully saturated rings. The summed E-state index contributed by atoms with van der Waals surface area (Å²) in [6.07, 6.45) is 0. The molecule has 1 aromatic carbocycles. The lowest BCUT2D eigenvalue weighted by Gasteiger charge is -2.10. The van der Waals surface area contributed by atoms with Gasteiger partial charge in [0.2, 0.25) is 0 Å². The topological polar surface area (TPSA) is 55.4 Å². The lowest BCUT2D eigenvalue weighted by molar-refractivity contribution is 0.0718. The van der Waals surface area contributed by atoms with Crippen molar-refractivity contribution in [1.82, 2.24) is 4.89 Å². The molecule has 0 spiro atoms. The Bertz CT molecular complexity index is 485. The third-order valence-electron chi connectivity index (χ3n) is 2.01. The van der Waals surface area contributed by atoms with Crippen LogP contribution in [0, 0.1) is 12.8 Å². The van der Waals surface area contributed by atoms with Crippen molar-refractivity contribution in [3.05, 3.63) is 28.8 Å². The van der Waals surface area contributed by atoms with Crippen LogP contribution < -0.4 is 4.89 Å². The van der Waals surface area contributed by atoms with Gasteiger partial charge in [0.25, 0.3) is 10.0 Å². The molecule has 0 heterocycles. The summed E-state index contributed by atoms with van der Waals surface area (Å²) >= 11 is 5.77. The van der Waals surface area contributed by atoms with Gasteiger partial charge >= 0.3 is 0 Å². The molecule has 0 aliphatic heterocycles. The second kappa shape index (κ2) is 5.82. The van der Waals surface area contributed by atoms with E-state index in [1.54, 1.807) is 13.0 Å². The van der Waals surface area contributed by atoms with E-state index in [0.29, 0.717) is 17.2 Å². The first-order valence-corrected chi connectivity index (χ1v) is 7.09. The van der Waals surface area contributed by atoms with Crippen molar-refractivity contribution in [3.63, 3.8) is 0 Å². The van der Waals surface area contributed by atoms with Crippen molar-refractivity contribution in [2.24, 2.45) is 5.92 Å². The van der Waals surface area contributed by atoms with Crippen LogP contribution in [0.5, 0.6) is 0 Å². The molecule has 0 atom stereocenters. The predicted octanol–water partition coefficient (Wildman–Crippen LogP) is 2.51. The van der Waals surface area contributed by atoms with Crippen molar-refractivity contribution in [3.8, 4) is 0 Å².